The molecule has 0 N–H and O–H groups in total. The summed E-state index contributed by atoms with van der Waals surface area (Å²) >= 11 is 1.44. The van der Waals surface area contributed by atoms with Gasteiger partial charge in [-0.05, 0) is 43.4 Å². The Morgan fingerprint density at radius 3 is 2.60 bits per heavy atom. The molecule has 0 bridgehead atoms. The van der Waals surface area contributed by atoms with Crippen molar-refractivity contribution in [1.82, 2.24) is 14.9 Å². The lowest BCUT2D eigenvalue weighted by Gasteiger charge is -2.32. The number of carbonyl (C=O) groups excluding carboxylic acids is 1. The van der Waals surface area contributed by atoms with Gasteiger partial charge in [-0.15, -0.1) is 11.3 Å². The Morgan fingerprint density at radius 1 is 1.30 bits per heavy atom. The molecule has 3 heterocycles. The lowest BCUT2D eigenvalue weighted by atomic mass is 9.90. The second kappa shape index (κ2) is 5.71. The van der Waals surface area contributed by atoms with Crippen LogP contribution in [0.3, 0.4) is 0 Å². The summed E-state index contributed by atoms with van der Waals surface area (Å²) in [6, 6.07) is 4.16. The van der Waals surface area contributed by atoms with Crippen LogP contribution < -0.4 is 0 Å². The Hall–Kier alpha value is -1.75. The molecule has 5 heteroatoms. The average Bonchev–Trinajstić information content (AvgIpc) is 2.94. The molecule has 0 saturated carbocycles. The van der Waals surface area contributed by atoms with Crippen LogP contribution in [0.2, 0.25) is 0 Å². The summed E-state index contributed by atoms with van der Waals surface area (Å²) in [6.07, 6.45) is 5.72. The molecule has 2 aromatic heterocycles. The Morgan fingerprint density at radius 2 is 2.00 bits per heavy atom. The highest BCUT2D eigenvalue weighted by Crippen LogP contribution is 2.28. The number of thiazole rings is 1. The van der Waals surface area contributed by atoms with Gasteiger partial charge in [-0.2, -0.15) is 0 Å². The van der Waals surface area contributed by atoms with E-state index in [-0.39, 0.29) is 5.91 Å². The first-order valence-electron chi connectivity index (χ1n) is 6.85. The Labute approximate surface area is 122 Å². The number of carbonyl (C=O) groups is 1. The summed E-state index contributed by atoms with van der Waals surface area (Å²) in [6.45, 7) is 3.54. The van der Waals surface area contributed by atoms with Crippen molar-refractivity contribution in [3.8, 4) is 0 Å². The van der Waals surface area contributed by atoms with Crippen molar-refractivity contribution < 1.29 is 4.79 Å². The first-order chi connectivity index (χ1) is 9.75. The summed E-state index contributed by atoms with van der Waals surface area (Å²) < 4.78 is 0. The molecule has 0 aromatic carbocycles. The van der Waals surface area contributed by atoms with Crippen LogP contribution >= 0.6 is 11.3 Å². The number of piperidine rings is 1. The van der Waals surface area contributed by atoms with Crippen molar-refractivity contribution in [3.05, 3.63) is 46.2 Å². The van der Waals surface area contributed by atoms with Crippen LogP contribution in [0.15, 0.2) is 30.0 Å². The monoisotopic (exact) mass is 287 g/mol. The number of aryl methyl sites for hydroxylation is 1. The van der Waals surface area contributed by atoms with Crippen LogP contribution in [0, 0.1) is 6.92 Å². The lowest BCUT2D eigenvalue weighted by Crippen LogP contribution is -2.37. The zero-order chi connectivity index (χ0) is 13.9. The Bertz CT molecular complexity index is 588. The highest BCUT2D eigenvalue weighted by Gasteiger charge is 2.26. The highest BCUT2D eigenvalue weighted by atomic mass is 32.1. The number of likely N-dealkylation sites (tertiary alicyclic amines) is 1. The summed E-state index contributed by atoms with van der Waals surface area (Å²) in [5, 5.41) is 0. The molecule has 1 saturated heterocycles. The van der Waals surface area contributed by atoms with E-state index in [0.717, 1.165) is 36.5 Å². The van der Waals surface area contributed by atoms with E-state index >= 15 is 0 Å². The van der Waals surface area contributed by atoms with Crippen LogP contribution in [0.1, 0.15) is 39.7 Å². The van der Waals surface area contributed by atoms with E-state index in [1.807, 2.05) is 24.2 Å². The maximum atomic E-state index is 12.4. The van der Waals surface area contributed by atoms with Crippen LogP contribution in [0.5, 0.6) is 0 Å². The van der Waals surface area contributed by atoms with E-state index in [9.17, 15) is 4.79 Å². The second-order valence-corrected chi connectivity index (χ2v) is 5.97. The Kier molecular flexibility index (Phi) is 3.78. The first-order valence-corrected chi connectivity index (χ1v) is 7.73. The third-order valence-corrected chi connectivity index (χ3v) is 4.82. The molecule has 4 nitrogen and oxygen atoms in total. The quantitative estimate of drug-likeness (QED) is 0.853. The molecule has 20 heavy (non-hydrogen) atoms. The fourth-order valence-electron chi connectivity index (χ4n) is 2.70. The number of nitrogens with zero attached hydrogens (tertiary/aromatic N) is 3. The first kappa shape index (κ1) is 13.2. The minimum Gasteiger partial charge on any atom is -0.338 e. The fourth-order valence-corrected chi connectivity index (χ4v) is 3.47. The fraction of sp³-hybridized carbons (Fsp3) is 0.400. The summed E-state index contributed by atoms with van der Waals surface area (Å²) in [7, 11) is 0. The van der Waals surface area contributed by atoms with Gasteiger partial charge in [0.1, 0.15) is 4.88 Å². The number of pyridine rings is 1. The normalized spacial score (nSPS) is 16.4. The SMILES string of the molecule is Cc1ncsc1C(=O)N1CCC(c2ccncc2)CC1. The topological polar surface area (TPSA) is 46.1 Å². The van der Waals surface area contributed by atoms with E-state index in [4.69, 9.17) is 0 Å². The van der Waals surface area contributed by atoms with Crippen molar-refractivity contribution in [1.29, 1.82) is 0 Å². The zero-order valence-corrected chi connectivity index (χ0v) is 12.3. The molecular formula is C15H17N3OS. The molecule has 0 aliphatic carbocycles. The van der Waals surface area contributed by atoms with Crippen molar-refractivity contribution in [3.63, 3.8) is 0 Å². The van der Waals surface area contributed by atoms with Crippen molar-refractivity contribution in [2.75, 3.05) is 13.1 Å². The van der Waals surface area contributed by atoms with Gasteiger partial charge in [0.25, 0.3) is 5.91 Å². The van der Waals surface area contributed by atoms with Gasteiger partial charge >= 0.3 is 0 Å². The van der Waals surface area contributed by atoms with E-state index in [2.05, 4.69) is 22.1 Å². The molecule has 1 aliphatic rings. The van der Waals surface area contributed by atoms with Crippen molar-refractivity contribution >= 4 is 17.2 Å². The predicted octanol–water partition coefficient (Wildman–Crippen LogP) is 2.87. The molecule has 1 amide bonds. The molecule has 3 rings (SSSR count). The highest BCUT2D eigenvalue weighted by molar-refractivity contribution is 7.11. The molecule has 1 fully saturated rings. The number of hydrogen-bond donors (Lipinski definition) is 0. The van der Waals surface area contributed by atoms with Crippen molar-refractivity contribution in [2.45, 2.75) is 25.7 Å². The molecule has 0 spiro atoms. The maximum Gasteiger partial charge on any atom is 0.265 e. The van der Waals surface area contributed by atoms with Gasteiger partial charge in [0.2, 0.25) is 0 Å². The van der Waals surface area contributed by atoms with Gasteiger partial charge in [0.15, 0.2) is 0 Å². The van der Waals surface area contributed by atoms with Crippen LogP contribution in [0.4, 0.5) is 0 Å². The average molecular weight is 287 g/mol. The summed E-state index contributed by atoms with van der Waals surface area (Å²) in [4.78, 5) is 23.4. The lowest BCUT2D eigenvalue weighted by molar-refractivity contribution is 0.0717. The van der Waals surface area contributed by atoms with Crippen LogP contribution in [0.25, 0.3) is 0 Å². The molecular weight excluding hydrogens is 270 g/mol. The van der Waals surface area contributed by atoms with E-state index in [0.29, 0.717) is 5.92 Å². The molecule has 0 unspecified atom stereocenters. The van der Waals surface area contributed by atoms with Crippen LogP contribution in [-0.4, -0.2) is 33.9 Å². The molecule has 104 valence electrons. The van der Waals surface area contributed by atoms with Crippen molar-refractivity contribution in [2.24, 2.45) is 0 Å². The summed E-state index contributed by atoms with van der Waals surface area (Å²) in [5.74, 6) is 0.683. The number of aromatic nitrogens is 2. The van der Waals surface area contributed by atoms with E-state index in [1.54, 1.807) is 5.51 Å². The van der Waals surface area contributed by atoms with Gasteiger partial charge in [-0.3, -0.25) is 9.78 Å². The van der Waals surface area contributed by atoms with Crippen LogP contribution in [-0.2, 0) is 0 Å². The minimum absolute atomic E-state index is 0.137. The van der Waals surface area contributed by atoms with Gasteiger partial charge in [0.05, 0.1) is 11.2 Å². The second-order valence-electron chi connectivity index (χ2n) is 5.11. The molecule has 2 aromatic rings. The molecule has 0 radical (unpaired) electrons. The minimum atomic E-state index is 0.137. The van der Waals surface area contributed by atoms with Gasteiger partial charge in [-0.1, -0.05) is 0 Å². The van der Waals surface area contributed by atoms with Gasteiger partial charge < -0.3 is 4.90 Å². The standard InChI is InChI=1S/C15H17N3OS/c1-11-14(20-10-17-11)15(19)18-8-4-13(5-9-18)12-2-6-16-7-3-12/h2-3,6-7,10,13H,4-5,8-9H2,1H3. The van der Waals surface area contributed by atoms with Gasteiger partial charge in [-0.25, -0.2) is 4.98 Å². The summed E-state index contributed by atoms with van der Waals surface area (Å²) in [5.41, 5.74) is 3.92. The van der Waals surface area contributed by atoms with E-state index in [1.165, 1.54) is 16.9 Å². The van der Waals surface area contributed by atoms with Gasteiger partial charge in [0, 0.05) is 25.5 Å². The number of amides is 1. The Balaban J connectivity index is 1.64. The number of hydrogen-bond acceptors (Lipinski definition) is 4. The zero-order valence-electron chi connectivity index (χ0n) is 11.5. The predicted molar refractivity (Wildman–Crippen MR) is 79.0 cm³/mol. The largest absolute Gasteiger partial charge is 0.338 e. The smallest absolute Gasteiger partial charge is 0.265 e. The maximum absolute atomic E-state index is 12.4. The molecule has 0 atom stereocenters. The third kappa shape index (κ3) is 2.58. The third-order valence-electron chi connectivity index (χ3n) is 3.90. The molecule has 1 aliphatic heterocycles. The van der Waals surface area contributed by atoms with E-state index < -0.39 is 0 Å². The number of rotatable bonds is 2.